The number of carbonyl (C=O) groups excluding carboxylic acids is 2. The lowest BCUT2D eigenvalue weighted by atomic mass is 10.0. The molecule has 4 heterocycles. The number of hydrogen-bond donors (Lipinski definition) is 1. The molecule has 8 heteroatoms. The first kappa shape index (κ1) is 19.8. The Hall–Kier alpha value is -2.55. The topological polar surface area (TPSA) is 83.0 Å². The van der Waals surface area contributed by atoms with Crippen LogP contribution in [0, 0.1) is 0 Å². The van der Waals surface area contributed by atoms with E-state index in [0.717, 1.165) is 44.1 Å². The number of aliphatic hydroxyl groups is 1. The summed E-state index contributed by atoms with van der Waals surface area (Å²) in [6.45, 7) is 4.52. The van der Waals surface area contributed by atoms with E-state index in [2.05, 4.69) is 9.88 Å². The summed E-state index contributed by atoms with van der Waals surface area (Å²) in [4.78, 5) is 34.4. The summed E-state index contributed by atoms with van der Waals surface area (Å²) in [6.07, 6.45) is 3.85. The van der Waals surface area contributed by atoms with E-state index in [0.29, 0.717) is 12.1 Å². The standard InChI is InChI=1S/C21H23N3O4S/c25-19(15-4-6-22-7-5-15)17-18(16-3-1-14-29-16)24(21(27)20(17)26)9-2-8-23-10-12-28-13-11-23/h1,3-7,14,18,25H,2,8-13H2/t18-/m0/s1. The number of rotatable bonds is 6. The predicted octanol–water partition coefficient (Wildman–Crippen LogP) is 2.29. The van der Waals surface area contributed by atoms with Crippen LogP contribution in [0.2, 0.25) is 0 Å². The van der Waals surface area contributed by atoms with Crippen LogP contribution in [-0.4, -0.2) is 71.0 Å². The van der Waals surface area contributed by atoms with E-state index in [1.54, 1.807) is 29.4 Å². The van der Waals surface area contributed by atoms with E-state index >= 15 is 0 Å². The van der Waals surface area contributed by atoms with Crippen LogP contribution < -0.4 is 0 Å². The number of ether oxygens (including phenoxy) is 1. The lowest BCUT2D eigenvalue weighted by Crippen LogP contribution is -2.38. The molecule has 2 saturated heterocycles. The number of likely N-dealkylation sites (tertiary alicyclic amines) is 1. The quantitative estimate of drug-likeness (QED) is 0.445. The zero-order chi connectivity index (χ0) is 20.2. The maximum atomic E-state index is 12.9. The molecule has 2 aromatic rings. The highest BCUT2D eigenvalue weighted by Gasteiger charge is 2.46. The van der Waals surface area contributed by atoms with Crippen LogP contribution in [0.5, 0.6) is 0 Å². The van der Waals surface area contributed by atoms with E-state index in [1.165, 1.54) is 11.3 Å². The Bertz CT molecular complexity index is 892. The van der Waals surface area contributed by atoms with Crippen molar-refractivity contribution in [1.29, 1.82) is 0 Å². The maximum Gasteiger partial charge on any atom is 0.295 e. The summed E-state index contributed by atoms with van der Waals surface area (Å²) in [5.41, 5.74) is 0.628. The van der Waals surface area contributed by atoms with Crippen molar-refractivity contribution in [3.63, 3.8) is 0 Å². The van der Waals surface area contributed by atoms with Crippen molar-refractivity contribution in [3.8, 4) is 0 Å². The van der Waals surface area contributed by atoms with Crippen molar-refractivity contribution in [3.05, 3.63) is 58.1 Å². The molecule has 0 radical (unpaired) electrons. The molecule has 1 amide bonds. The first-order chi connectivity index (χ1) is 14.2. The lowest BCUT2D eigenvalue weighted by molar-refractivity contribution is -0.140. The normalized spacial score (nSPS) is 22.3. The van der Waals surface area contributed by atoms with Gasteiger partial charge >= 0.3 is 0 Å². The zero-order valence-electron chi connectivity index (χ0n) is 16.0. The largest absolute Gasteiger partial charge is 0.507 e. The third kappa shape index (κ3) is 4.10. The van der Waals surface area contributed by atoms with Crippen molar-refractivity contribution in [2.75, 3.05) is 39.4 Å². The molecule has 1 atom stereocenters. The number of aromatic nitrogens is 1. The van der Waals surface area contributed by atoms with Crippen LogP contribution in [0.1, 0.15) is 22.9 Å². The Morgan fingerprint density at radius 2 is 1.93 bits per heavy atom. The third-order valence-electron chi connectivity index (χ3n) is 5.28. The van der Waals surface area contributed by atoms with Crippen molar-refractivity contribution >= 4 is 28.8 Å². The van der Waals surface area contributed by atoms with Crippen LogP contribution in [0.25, 0.3) is 5.76 Å². The predicted molar refractivity (Wildman–Crippen MR) is 109 cm³/mol. The number of carbonyl (C=O) groups is 2. The summed E-state index contributed by atoms with van der Waals surface area (Å²) < 4.78 is 5.37. The van der Waals surface area contributed by atoms with Gasteiger partial charge < -0.3 is 14.7 Å². The SMILES string of the molecule is O=C1C(=O)N(CCCN2CCOCC2)[C@@H](c2cccs2)C1=C(O)c1ccncc1. The number of amides is 1. The Balaban J connectivity index is 1.60. The Kier molecular flexibility index (Phi) is 6.03. The van der Waals surface area contributed by atoms with Crippen molar-refractivity contribution in [1.82, 2.24) is 14.8 Å². The van der Waals surface area contributed by atoms with Crippen LogP contribution in [0.15, 0.2) is 47.6 Å². The summed E-state index contributed by atoms with van der Waals surface area (Å²) >= 11 is 1.48. The number of aliphatic hydroxyl groups excluding tert-OH is 1. The summed E-state index contributed by atoms with van der Waals surface area (Å²) in [7, 11) is 0. The minimum atomic E-state index is -0.635. The second-order valence-corrected chi connectivity index (χ2v) is 8.03. The minimum Gasteiger partial charge on any atom is -0.507 e. The highest BCUT2D eigenvalue weighted by Crippen LogP contribution is 2.40. The average Bonchev–Trinajstić information content (AvgIpc) is 3.37. The number of nitrogens with zero attached hydrogens (tertiary/aromatic N) is 3. The molecule has 0 unspecified atom stereocenters. The molecule has 2 aromatic heterocycles. The Labute approximate surface area is 173 Å². The van der Waals surface area contributed by atoms with Gasteiger partial charge in [0, 0.05) is 49.0 Å². The fraction of sp³-hybridized carbons (Fsp3) is 0.381. The second-order valence-electron chi connectivity index (χ2n) is 7.05. The number of ketones is 1. The molecule has 4 rings (SSSR count). The molecule has 152 valence electrons. The van der Waals surface area contributed by atoms with Crippen LogP contribution >= 0.6 is 11.3 Å². The molecule has 0 spiro atoms. The minimum absolute atomic E-state index is 0.148. The van der Waals surface area contributed by atoms with Gasteiger partial charge in [-0.2, -0.15) is 0 Å². The third-order valence-corrected chi connectivity index (χ3v) is 6.21. The first-order valence-corrected chi connectivity index (χ1v) is 10.6. The summed E-state index contributed by atoms with van der Waals surface area (Å²) in [6, 6.07) is 6.49. The Morgan fingerprint density at radius 1 is 1.17 bits per heavy atom. The molecule has 2 aliphatic heterocycles. The number of hydrogen-bond acceptors (Lipinski definition) is 7. The van der Waals surface area contributed by atoms with Crippen molar-refractivity contribution < 1.29 is 19.4 Å². The summed E-state index contributed by atoms with van der Waals surface area (Å²) in [5, 5.41) is 12.8. The number of thiophene rings is 1. The van der Waals surface area contributed by atoms with Gasteiger partial charge in [0.1, 0.15) is 5.76 Å². The van der Waals surface area contributed by atoms with Crippen LogP contribution in [0.4, 0.5) is 0 Å². The van der Waals surface area contributed by atoms with Crippen LogP contribution in [-0.2, 0) is 14.3 Å². The highest BCUT2D eigenvalue weighted by atomic mass is 32.1. The molecule has 0 aliphatic carbocycles. The molecule has 7 nitrogen and oxygen atoms in total. The average molecular weight is 413 g/mol. The fourth-order valence-electron chi connectivity index (χ4n) is 3.81. The van der Waals surface area contributed by atoms with Gasteiger partial charge in [-0.25, -0.2) is 0 Å². The number of Topliss-reactive ketones (excluding diaryl/α,β-unsaturated/α-hetero) is 1. The smallest absolute Gasteiger partial charge is 0.295 e. The van der Waals surface area contributed by atoms with Gasteiger partial charge in [-0.05, 0) is 30.0 Å². The van der Waals surface area contributed by atoms with Gasteiger partial charge in [-0.3, -0.25) is 19.5 Å². The van der Waals surface area contributed by atoms with E-state index in [4.69, 9.17) is 4.74 Å². The Morgan fingerprint density at radius 3 is 2.62 bits per heavy atom. The van der Waals surface area contributed by atoms with Gasteiger partial charge in [0.25, 0.3) is 11.7 Å². The molecule has 0 saturated carbocycles. The number of morpholine rings is 1. The van der Waals surface area contributed by atoms with Gasteiger partial charge in [0.05, 0.1) is 24.8 Å². The summed E-state index contributed by atoms with van der Waals surface area (Å²) in [5.74, 6) is -1.34. The van der Waals surface area contributed by atoms with Gasteiger partial charge in [0.15, 0.2) is 0 Å². The first-order valence-electron chi connectivity index (χ1n) is 9.69. The molecule has 29 heavy (non-hydrogen) atoms. The molecule has 0 aromatic carbocycles. The van der Waals surface area contributed by atoms with Crippen LogP contribution in [0.3, 0.4) is 0 Å². The van der Waals surface area contributed by atoms with E-state index in [-0.39, 0.29) is 11.3 Å². The molecular formula is C21H23N3O4S. The molecule has 0 bridgehead atoms. The maximum absolute atomic E-state index is 12.9. The van der Waals surface area contributed by atoms with Gasteiger partial charge in [-0.1, -0.05) is 6.07 Å². The highest BCUT2D eigenvalue weighted by molar-refractivity contribution is 7.10. The number of pyridine rings is 1. The second kappa shape index (κ2) is 8.86. The van der Waals surface area contributed by atoms with E-state index in [1.807, 2.05) is 17.5 Å². The van der Waals surface area contributed by atoms with Crippen molar-refractivity contribution in [2.24, 2.45) is 0 Å². The van der Waals surface area contributed by atoms with Crippen molar-refractivity contribution in [2.45, 2.75) is 12.5 Å². The monoisotopic (exact) mass is 413 g/mol. The zero-order valence-corrected chi connectivity index (χ0v) is 16.8. The molecule has 2 fully saturated rings. The van der Waals surface area contributed by atoms with Gasteiger partial charge in [0.2, 0.25) is 0 Å². The lowest BCUT2D eigenvalue weighted by Gasteiger charge is -2.28. The fourth-order valence-corrected chi connectivity index (χ4v) is 4.65. The van der Waals surface area contributed by atoms with Gasteiger partial charge in [-0.15, -0.1) is 11.3 Å². The molecular weight excluding hydrogens is 390 g/mol. The molecule has 2 aliphatic rings. The van der Waals surface area contributed by atoms with E-state index < -0.39 is 17.7 Å². The molecule has 1 N–H and O–H groups in total. The van der Waals surface area contributed by atoms with E-state index in [9.17, 15) is 14.7 Å².